The molecule has 0 unspecified atom stereocenters. The molecule has 5 heterocycles. The van der Waals surface area contributed by atoms with Crippen molar-refractivity contribution in [3.05, 3.63) is 46.2 Å². The lowest BCUT2D eigenvalue weighted by Crippen LogP contribution is -2.37. The number of likely N-dealkylation sites (tertiary alicyclic amines) is 1. The molecule has 2 aliphatic rings. The lowest BCUT2D eigenvalue weighted by molar-refractivity contribution is -0.0280. The Kier molecular flexibility index (Phi) is 7.28. The standard InChI is InChI=1S/C28H31ClN6O3S/c1-15(2)37-18-8-10-35(11-9-18)14-17-13-31-28(29)34-27(17)38-22-7-4-19-20(33-22)5-6-21-23(19)24-25(39-21)26(36)32-16(3)12-30-24/h4-7,13,15-16,18,30H,8-12,14H2,1-3H3,(H,32,36)/t16-/m0/s1. The van der Waals surface area contributed by atoms with Crippen molar-refractivity contribution in [3.8, 4) is 11.8 Å². The Morgan fingerprint density at radius 1 is 1.18 bits per heavy atom. The number of pyridine rings is 1. The van der Waals surface area contributed by atoms with Crippen molar-refractivity contribution in [2.75, 3.05) is 25.0 Å². The Labute approximate surface area is 235 Å². The van der Waals surface area contributed by atoms with Crippen molar-refractivity contribution in [1.29, 1.82) is 0 Å². The van der Waals surface area contributed by atoms with E-state index in [9.17, 15) is 4.79 Å². The van der Waals surface area contributed by atoms with Crippen molar-refractivity contribution in [2.45, 2.75) is 58.4 Å². The molecule has 2 aliphatic heterocycles. The summed E-state index contributed by atoms with van der Waals surface area (Å²) in [6.45, 7) is 9.33. The number of halogens is 1. The third-order valence-corrected chi connectivity index (χ3v) is 8.39. The Balaban J connectivity index is 1.26. The fourth-order valence-corrected chi connectivity index (χ4v) is 6.48. The summed E-state index contributed by atoms with van der Waals surface area (Å²) >= 11 is 7.64. The van der Waals surface area contributed by atoms with Crippen LogP contribution < -0.4 is 15.4 Å². The number of nitrogens with zero attached hydrogens (tertiary/aromatic N) is 4. The van der Waals surface area contributed by atoms with Gasteiger partial charge in [0, 0.05) is 65.5 Å². The molecule has 6 rings (SSSR count). The highest BCUT2D eigenvalue weighted by Crippen LogP contribution is 2.41. The van der Waals surface area contributed by atoms with Gasteiger partial charge in [-0.2, -0.15) is 4.98 Å². The number of carbonyl (C=O) groups excluding carboxylic acids is 1. The van der Waals surface area contributed by atoms with Crippen molar-refractivity contribution in [1.82, 2.24) is 25.2 Å². The van der Waals surface area contributed by atoms with Gasteiger partial charge in [-0.3, -0.25) is 9.69 Å². The zero-order valence-corrected chi connectivity index (χ0v) is 23.7. The first-order valence-corrected chi connectivity index (χ1v) is 14.5. The molecule has 1 saturated heterocycles. The van der Waals surface area contributed by atoms with Gasteiger partial charge in [0.15, 0.2) is 0 Å². The maximum absolute atomic E-state index is 12.7. The second kappa shape index (κ2) is 10.8. The Hall–Kier alpha value is -3.05. The van der Waals surface area contributed by atoms with Crippen LogP contribution >= 0.6 is 22.9 Å². The minimum Gasteiger partial charge on any atom is -0.420 e. The van der Waals surface area contributed by atoms with Crippen LogP contribution in [0.2, 0.25) is 5.28 Å². The predicted octanol–water partition coefficient (Wildman–Crippen LogP) is 5.62. The molecule has 0 bridgehead atoms. The topological polar surface area (TPSA) is 102 Å². The largest absolute Gasteiger partial charge is 0.420 e. The van der Waals surface area contributed by atoms with E-state index < -0.39 is 0 Å². The average Bonchev–Trinajstić information content (AvgIpc) is 3.22. The van der Waals surface area contributed by atoms with Crippen LogP contribution in [0.15, 0.2) is 30.5 Å². The van der Waals surface area contributed by atoms with Crippen molar-refractivity contribution in [2.24, 2.45) is 0 Å². The summed E-state index contributed by atoms with van der Waals surface area (Å²) in [7, 11) is 0. The van der Waals surface area contributed by atoms with E-state index in [1.54, 1.807) is 6.20 Å². The summed E-state index contributed by atoms with van der Waals surface area (Å²) in [6, 6.07) is 7.83. The van der Waals surface area contributed by atoms with E-state index >= 15 is 0 Å². The van der Waals surface area contributed by atoms with Gasteiger partial charge < -0.3 is 20.1 Å². The predicted molar refractivity (Wildman–Crippen MR) is 154 cm³/mol. The van der Waals surface area contributed by atoms with E-state index in [1.165, 1.54) is 11.3 Å². The second-order valence-corrected chi connectivity index (χ2v) is 11.8. The molecule has 1 fully saturated rings. The number of anilines is 1. The van der Waals surface area contributed by atoms with Crippen LogP contribution in [-0.2, 0) is 11.3 Å². The highest BCUT2D eigenvalue weighted by atomic mass is 35.5. The number of nitrogens with one attached hydrogen (secondary N) is 2. The quantitative estimate of drug-likeness (QED) is 0.290. The zero-order chi connectivity index (χ0) is 27.1. The SMILES string of the molecule is CC(C)OC1CCN(Cc2cnc(Cl)nc2Oc2ccc3c(ccc4sc5c(c43)NC[C@H](C)NC5=O)n2)CC1. The van der Waals surface area contributed by atoms with Crippen molar-refractivity contribution >= 4 is 55.5 Å². The van der Waals surface area contributed by atoms with Crippen LogP contribution in [0.5, 0.6) is 11.8 Å². The normalized spacial score (nSPS) is 18.7. The Morgan fingerprint density at radius 2 is 2.00 bits per heavy atom. The summed E-state index contributed by atoms with van der Waals surface area (Å²) < 4.78 is 13.2. The molecule has 3 aromatic heterocycles. The van der Waals surface area contributed by atoms with Crippen molar-refractivity contribution in [3.63, 3.8) is 0 Å². The third-order valence-electron chi connectivity index (χ3n) is 7.06. The number of rotatable bonds is 6. The monoisotopic (exact) mass is 566 g/mol. The molecule has 4 aromatic rings. The molecule has 0 aliphatic carbocycles. The number of amides is 1. The van der Waals surface area contributed by atoms with Gasteiger partial charge in [0.25, 0.3) is 5.91 Å². The van der Waals surface area contributed by atoms with E-state index in [1.807, 2.05) is 31.2 Å². The van der Waals surface area contributed by atoms with E-state index in [-0.39, 0.29) is 23.3 Å². The number of carbonyl (C=O) groups is 1. The molecular formula is C28H31ClN6O3S. The first kappa shape index (κ1) is 26.2. The number of thiophene rings is 1. The van der Waals surface area contributed by atoms with Crippen molar-refractivity contribution < 1.29 is 14.3 Å². The van der Waals surface area contributed by atoms with Gasteiger partial charge in [-0.1, -0.05) is 0 Å². The molecule has 0 spiro atoms. The molecule has 2 N–H and O–H groups in total. The third kappa shape index (κ3) is 5.51. The van der Waals surface area contributed by atoms with Crippen LogP contribution in [0.3, 0.4) is 0 Å². The van der Waals surface area contributed by atoms with E-state index in [0.29, 0.717) is 35.8 Å². The van der Waals surface area contributed by atoms with Crippen LogP contribution in [0.4, 0.5) is 5.69 Å². The summed E-state index contributed by atoms with van der Waals surface area (Å²) in [5.74, 6) is 0.775. The van der Waals surface area contributed by atoms with E-state index in [2.05, 4.69) is 39.3 Å². The van der Waals surface area contributed by atoms with Crippen LogP contribution in [0.1, 0.15) is 48.8 Å². The first-order chi connectivity index (χ1) is 18.8. The number of hydrogen-bond donors (Lipinski definition) is 2. The fraction of sp³-hybridized carbons (Fsp3) is 0.429. The number of fused-ring (bicyclic) bond motifs is 5. The molecule has 39 heavy (non-hydrogen) atoms. The number of hydrogen-bond acceptors (Lipinski definition) is 9. The van der Waals surface area contributed by atoms with Gasteiger partial charge in [0.2, 0.25) is 17.0 Å². The second-order valence-electron chi connectivity index (χ2n) is 10.4. The maximum Gasteiger partial charge on any atom is 0.263 e. The molecule has 9 nitrogen and oxygen atoms in total. The lowest BCUT2D eigenvalue weighted by Gasteiger charge is -2.32. The summed E-state index contributed by atoms with van der Waals surface area (Å²) in [4.78, 5) is 29.2. The number of benzene rings is 1. The summed E-state index contributed by atoms with van der Waals surface area (Å²) in [5, 5.41) is 8.58. The molecule has 11 heteroatoms. The first-order valence-electron chi connectivity index (χ1n) is 13.3. The zero-order valence-electron chi connectivity index (χ0n) is 22.2. The number of ether oxygens (including phenoxy) is 2. The van der Waals surface area contributed by atoms with Gasteiger partial charge in [-0.05, 0) is 63.4 Å². The summed E-state index contributed by atoms with van der Waals surface area (Å²) in [5.41, 5.74) is 2.49. The molecule has 1 atom stereocenters. The molecule has 1 amide bonds. The van der Waals surface area contributed by atoms with Gasteiger partial charge in [0.05, 0.1) is 23.4 Å². The number of aromatic nitrogens is 3. The van der Waals surface area contributed by atoms with E-state index in [0.717, 1.165) is 58.2 Å². The fourth-order valence-electron chi connectivity index (χ4n) is 5.26. The van der Waals surface area contributed by atoms with Gasteiger partial charge in [0.1, 0.15) is 4.88 Å². The highest BCUT2D eigenvalue weighted by Gasteiger charge is 2.25. The van der Waals surface area contributed by atoms with E-state index in [4.69, 9.17) is 26.1 Å². The van der Waals surface area contributed by atoms with Gasteiger partial charge in [-0.15, -0.1) is 11.3 Å². The maximum atomic E-state index is 12.7. The number of piperidine rings is 1. The molecule has 0 saturated carbocycles. The van der Waals surface area contributed by atoms with Crippen LogP contribution in [0, 0.1) is 0 Å². The molecule has 204 valence electrons. The summed E-state index contributed by atoms with van der Waals surface area (Å²) in [6.07, 6.45) is 4.25. The molecular weight excluding hydrogens is 536 g/mol. The van der Waals surface area contributed by atoms with Gasteiger partial charge in [-0.25, -0.2) is 9.97 Å². The molecule has 0 radical (unpaired) electrons. The Morgan fingerprint density at radius 3 is 2.79 bits per heavy atom. The highest BCUT2D eigenvalue weighted by molar-refractivity contribution is 7.21. The van der Waals surface area contributed by atoms with Crippen LogP contribution in [0.25, 0.3) is 21.0 Å². The van der Waals surface area contributed by atoms with Gasteiger partial charge >= 0.3 is 0 Å². The Bertz CT molecular complexity index is 1540. The lowest BCUT2D eigenvalue weighted by atomic mass is 10.1. The average molecular weight is 567 g/mol. The van der Waals surface area contributed by atoms with Crippen LogP contribution in [-0.4, -0.2) is 63.6 Å². The molecule has 1 aromatic carbocycles. The minimum atomic E-state index is -0.0467. The smallest absolute Gasteiger partial charge is 0.263 e. The minimum absolute atomic E-state index is 0.0467.